The summed E-state index contributed by atoms with van der Waals surface area (Å²) in [6.45, 7) is 6.02. The van der Waals surface area contributed by atoms with Crippen molar-refractivity contribution < 1.29 is 24.5 Å². The van der Waals surface area contributed by atoms with Gasteiger partial charge in [-0.1, -0.05) is 13.0 Å². The zero-order valence-electron chi connectivity index (χ0n) is 14.7. The summed E-state index contributed by atoms with van der Waals surface area (Å²) in [6, 6.07) is 0. The van der Waals surface area contributed by atoms with Crippen LogP contribution in [0.4, 0.5) is 0 Å². The summed E-state index contributed by atoms with van der Waals surface area (Å²) in [4.78, 5) is 25.3. The number of rotatable bonds is 1. The van der Waals surface area contributed by atoms with E-state index in [1.54, 1.807) is 0 Å². The predicted octanol–water partition coefficient (Wildman–Crippen LogP) is 2.67. The average Bonchev–Trinajstić information content (AvgIpc) is 2.91. The Labute approximate surface area is 147 Å². The topological polar surface area (TPSA) is 83.8 Å². The van der Waals surface area contributed by atoms with Gasteiger partial charge in [0.1, 0.15) is 5.60 Å². The Hall–Kier alpha value is -1.36. The number of carboxylic acids is 1. The molecule has 136 valence electrons. The summed E-state index contributed by atoms with van der Waals surface area (Å²) in [5.74, 6) is -1.93. The zero-order valence-corrected chi connectivity index (χ0v) is 14.7. The third kappa shape index (κ3) is 1.52. The lowest BCUT2D eigenvalue weighted by atomic mass is 9.61. The normalized spacial score (nSPS) is 56.2. The number of hydrogen-bond acceptors (Lipinski definition) is 4. The molecule has 0 aromatic rings. The van der Waals surface area contributed by atoms with Gasteiger partial charge in [0.15, 0.2) is 0 Å². The molecule has 7 atom stereocenters. The van der Waals surface area contributed by atoms with Crippen LogP contribution in [0, 0.1) is 28.6 Å². The van der Waals surface area contributed by atoms with E-state index in [4.69, 9.17) is 4.74 Å². The molecule has 1 saturated heterocycles. The number of fused-ring (bicyclic) bond motifs is 1. The van der Waals surface area contributed by atoms with Gasteiger partial charge >= 0.3 is 11.9 Å². The van der Waals surface area contributed by atoms with Crippen LogP contribution in [0.2, 0.25) is 0 Å². The molecule has 5 nitrogen and oxygen atoms in total. The monoisotopic (exact) mass is 346 g/mol. The van der Waals surface area contributed by atoms with Crippen LogP contribution in [-0.2, 0) is 14.3 Å². The highest BCUT2D eigenvalue weighted by molar-refractivity contribution is 5.84. The maximum atomic E-state index is 12.8. The molecule has 4 bridgehead atoms. The van der Waals surface area contributed by atoms with Crippen LogP contribution < -0.4 is 0 Å². The fourth-order valence-corrected chi connectivity index (χ4v) is 7.85. The van der Waals surface area contributed by atoms with E-state index in [1.165, 1.54) is 0 Å². The second-order valence-corrected chi connectivity index (χ2v) is 9.58. The molecule has 5 aliphatic rings. The third-order valence-electron chi connectivity index (χ3n) is 8.65. The van der Waals surface area contributed by atoms with Gasteiger partial charge in [0.25, 0.3) is 0 Å². The second kappa shape index (κ2) is 4.30. The fraction of sp³-hybridized carbons (Fsp3) is 0.800. The van der Waals surface area contributed by atoms with Crippen molar-refractivity contribution in [3.05, 3.63) is 12.2 Å². The minimum Gasteiger partial charge on any atom is -0.481 e. The van der Waals surface area contributed by atoms with Crippen molar-refractivity contribution in [1.29, 1.82) is 0 Å². The van der Waals surface area contributed by atoms with Crippen molar-refractivity contribution >= 4 is 11.9 Å². The highest BCUT2D eigenvalue weighted by atomic mass is 16.6. The predicted molar refractivity (Wildman–Crippen MR) is 88.5 cm³/mol. The zero-order chi connectivity index (χ0) is 17.8. The molecule has 0 amide bonds. The highest BCUT2D eigenvalue weighted by Crippen LogP contribution is 2.77. The quantitative estimate of drug-likeness (QED) is 0.563. The maximum absolute atomic E-state index is 12.8. The molecule has 0 unspecified atom stereocenters. The van der Waals surface area contributed by atoms with Crippen molar-refractivity contribution in [1.82, 2.24) is 0 Å². The largest absolute Gasteiger partial charge is 0.481 e. The fourth-order valence-electron chi connectivity index (χ4n) is 7.85. The number of carbonyl (C=O) groups is 2. The van der Waals surface area contributed by atoms with E-state index < -0.39 is 33.9 Å². The lowest BCUT2D eigenvalue weighted by Crippen LogP contribution is -2.47. The molecule has 1 spiro atoms. The van der Waals surface area contributed by atoms with Gasteiger partial charge in [-0.2, -0.15) is 0 Å². The minimum absolute atomic E-state index is 0.0227. The smallest absolute Gasteiger partial charge is 0.312 e. The van der Waals surface area contributed by atoms with Crippen LogP contribution in [0.15, 0.2) is 12.2 Å². The van der Waals surface area contributed by atoms with Gasteiger partial charge in [0.05, 0.1) is 16.9 Å². The van der Waals surface area contributed by atoms with E-state index in [1.807, 2.05) is 6.92 Å². The Morgan fingerprint density at radius 1 is 1.28 bits per heavy atom. The Morgan fingerprint density at radius 2 is 2.00 bits per heavy atom. The first kappa shape index (κ1) is 15.9. The van der Waals surface area contributed by atoms with E-state index in [9.17, 15) is 19.8 Å². The van der Waals surface area contributed by atoms with E-state index >= 15 is 0 Å². The molecule has 5 rings (SSSR count). The van der Waals surface area contributed by atoms with Crippen LogP contribution in [0.5, 0.6) is 0 Å². The molecular weight excluding hydrogens is 320 g/mol. The van der Waals surface area contributed by atoms with Crippen LogP contribution in [0.25, 0.3) is 0 Å². The summed E-state index contributed by atoms with van der Waals surface area (Å²) >= 11 is 0. The first-order valence-electron chi connectivity index (χ1n) is 9.57. The second-order valence-electron chi connectivity index (χ2n) is 9.58. The number of ether oxygens (including phenoxy) is 1. The lowest BCUT2D eigenvalue weighted by molar-refractivity contribution is -0.166. The van der Waals surface area contributed by atoms with E-state index in [-0.39, 0.29) is 17.8 Å². The van der Waals surface area contributed by atoms with Crippen molar-refractivity contribution in [3.63, 3.8) is 0 Å². The Morgan fingerprint density at radius 3 is 2.72 bits per heavy atom. The van der Waals surface area contributed by atoms with Crippen molar-refractivity contribution in [2.24, 2.45) is 28.6 Å². The minimum atomic E-state index is -0.936. The van der Waals surface area contributed by atoms with Crippen molar-refractivity contribution in [2.75, 3.05) is 0 Å². The molecular formula is C20H26O5. The summed E-state index contributed by atoms with van der Waals surface area (Å²) in [6.07, 6.45) is 5.74. The Bertz CT molecular complexity index is 715. The maximum Gasteiger partial charge on any atom is 0.312 e. The molecule has 5 fully saturated rings. The molecule has 2 N–H and O–H groups in total. The molecule has 1 aliphatic heterocycles. The molecule has 25 heavy (non-hydrogen) atoms. The number of carbonyl (C=O) groups excluding carboxylic acids is 1. The van der Waals surface area contributed by atoms with Gasteiger partial charge in [-0.05, 0) is 62.9 Å². The van der Waals surface area contributed by atoms with Crippen LogP contribution in [0.1, 0.15) is 58.3 Å². The summed E-state index contributed by atoms with van der Waals surface area (Å²) in [7, 11) is 0. The van der Waals surface area contributed by atoms with Gasteiger partial charge in [-0.25, -0.2) is 0 Å². The molecule has 0 radical (unpaired) electrons. The van der Waals surface area contributed by atoms with Crippen molar-refractivity contribution in [2.45, 2.75) is 69.5 Å². The standard InChI is InChI=1S/C20H26O5/c1-11-9-18-10-19(11,24)8-5-12(18)20-7-4-3-6-17(2,16(23)25-20)14(20)13(18)15(21)22/h12-14,24H,1,3-10H2,2H3,(H,21,22)/t12-,13-,14-,17-,18+,19+,20-/m1/s1. The third-order valence-corrected chi connectivity index (χ3v) is 8.65. The van der Waals surface area contributed by atoms with Crippen LogP contribution in [-0.4, -0.2) is 33.4 Å². The van der Waals surface area contributed by atoms with Crippen LogP contribution >= 0.6 is 0 Å². The molecule has 1 heterocycles. The summed E-state index contributed by atoms with van der Waals surface area (Å²) in [5, 5.41) is 21.3. The first-order valence-corrected chi connectivity index (χ1v) is 9.57. The molecule has 5 heteroatoms. The van der Waals surface area contributed by atoms with E-state index in [0.717, 1.165) is 31.3 Å². The summed E-state index contributed by atoms with van der Waals surface area (Å²) in [5.41, 5.74) is -2.04. The Balaban J connectivity index is 1.75. The molecule has 0 aromatic heterocycles. The molecule has 0 aromatic carbocycles. The molecule has 4 aliphatic carbocycles. The molecule has 4 saturated carbocycles. The van der Waals surface area contributed by atoms with Crippen molar-refractivity contribution in [3.8, 4) is 0 Å². The first-order chi connectivity index (χ1) is 11.7. The number of carboxylic acid groups (broad SMARTS) is 1. The van der Waals surface area contributed by atoms with E-state index in [0.29, 0.717) is 25.7 Å². The van der Waals surface area contributed by atoms with Gasteiger partial charge < -0.3 is 14.9 Å². The SMILES string of the molecule is C=C1C[C@]23C[C@@]1(O)CC[C@H]2[C@@]12CCCC[C@@](C)(C(=O)O1)[C@H]2[C@@H]3C(=O)O. The highest BCUT2D eigenvalue weighted by Gasteiger charge is 2.82. The number of hydrogen-bond donors (Lipinski definition) is 2. The Kier molecular flexibility index (Phi) is 2.73. The average molecular weight is 346 g/mol. The summed E-state index contributed by atoms with van der Waals surface area (Å²) < 4.78 is 6.13. The number of aliphatic carboxylic acids is 1. The van der Waals surface area contributed by atoms with Gasteiger partial charge in [0, 0.05) is 11.8 Å². The van der Waals surface area contributed by atoms with E-state index in [2.05, 4.69) is 6.58 Å². The lowest BCUT2D eigenvalue weighted by Gasteiger charge is -2.45. The number of aliphatic hydroxyl groups is 1. The van der Waals surface area contributed by atoms with Gasteiger partial charge in [-0.15, -0.1) is 0 Å². The van der Waals surface area contributed by atoms with Crippen LogP contribution in [0.3, 0.4) is 0 Å². The van der Waals surface area contributed by atoms with Gasteiger partial charge in [0.2, 0.25) is 0 Å². The van der Waals surface area contributed by atoms with Gasteiger partial charge in [-0.3, -0.25) is 9.59 Å². The number of esters is 1.